The predicted molar refractivity (Wildman–Crippen MR) is 90.0 cm³/mol. The van der Waals surface area contributed by atoms with Crippen LogP contribution in [0.3, 0.4) is 0 Å². The van der Waals surface area contributed by atoms with Crippen molar-refractivity contribution in [1.29, 1.82) is 0 Å². The highest BCUT2D eigenvalue weighted by Gasteiger charge is 2.17. The molecule has 0 aliphatic rings. The van der Waals surface area contributed by atoms with Crippen molar-refractivity contribution in [1.82, 2.24) is 5.16 Å². The number of benzene rings is 2. The first-order valence-corrected chi connectivity index (χ1v) is 7.71. The van der Waals surface area contributed by atoms with E-state index in [1.165, 1.54) is 0 Å². The molecule has 112 valence electrons. The first-order chi connectivity index (χ1) is 10.6. The third-order valence-electron chi connectivity index (χ3n) is 3.67. The zero-order valence-electron chi connectivity index (χ0n) is 12.3. The molecule has 0 N–H and O–H groups in total. The molecule has 0 aliphatic heterocycles. The largest absolute Gasteiger partial charge is 0.356 e. The Bertz CT molecular complexity index is 842. The van der Waals surface area contributed by atoms with Crippen molar-refractivity contribution < 1.29 is 9.32 Å². The Labute approximate surface area is 136 Å². The lowest BCUT2D eigenvalue weighted by Crippen LogP contribution is -2.28. The van der Waals surface area contributed by atoms with E-state index < -0.39 is 0 Å². The molecule has 0 fully saturated rings. The molecule has 1 heterocycles. The molecule has 0 atom stereocenters. The van der Waals surface area contributed by atoms with Crippen molar-refractivity contribution in [2.75, 3.05) is 11.9 Å². The highest BCUT2D eigenvalue weighted by atomic mass is 79.9. The number of amides is 1. The molecule has 3 rings (SSSR count). The first-order valence-electron chi connectivity index (χ1n) is 6.92. The molecule has 1 amide bonds. The van der Waals surface area contributed by atoms with Crippen LogP contribution in [0.5, 0.6) is 0 Å². The molecule has 1 aromatic heterocycles. The van der Waals surface area contributed by atoms with Crippen molar-refractivity contribution in [3.8, 4) is 0 Å². The van der Waals surface area contributed by atoms with Crippen LogP contribution in [-0.2, 0) is 11.2 Å². The van der Waals surface area contributed by atoms with Gasteiger partial charge in [0.25, 0.3) is 0 Å². The Balaban J connectivity index is 1.84. The molecular formula is C17H15BrN2O2. The number of carbonyl (C=O) groups excluding carboxylic acids is 1. The van der Waals surface area contributed by atoms with Crippen LogP contribution in [0.4, 0.5) is 5.69 Å². The van der Waals surface area contributed by atoms with Gasteiger partial charge in [0, 0.05) is 22.6 Å². The minimum absolute atomic E-state index is 0.0236. The number of aryl methyl sites for hydroxylation is 1. The van der Waals surface area contributed by atoms with Gasteiger partial charge in [-0.25, -0.2) is 0 Å². The Kier molecular flexibility index (Phi) is 3.98. The summed E-state index contributed by atoms with van der Waals surface area (Å²) in [6.45, 7) is 1.98. The number of fused-ring (bicyclic) bond motifs is 1. The van der Waals surface area contributed by atoms with E-state index in [1.54, 1.807) is 11.9 Å². The SMILES string of the molecule is Cc1cc(Br)ccc1N(C)C(=O)Cc1noc2ccccc12. The highest BCUT2D eigenvalue weighted by molar-refractivity contribution is 9.10. The first kappa shape index (κ1) is 14.8. The van der Waals surface area contributed by atoms with Crippen molar-refractivity contribution in [3.63, 3.8) is 0 Å². The van der Waals surface area contributed by atoms with Crippen molar-refractivity contribution in [3.05, 3.63) is 58.2 Å². The number of halogens is 1. The normalized spacial score (nSPS) is 10.9. The summed E-state index contributed by atoms with van der Waals surface area (Å²) in [6.07, 6.45) is 0.211. The molecule has 0 unspecified atom stereocenters. The molecule has 0 aliphatic carbocycles. The minimum Gasteiger partial charge on any atom is -0.356 e. The number of para-hydroxylation sites is 1. The average Bonchev–Trinajstić information content (AvgIpc) is 2.90. The van der Waals surface area contributed by atoms with Gasteiger partial charge >= 0.3 is 0 Å². The maximum Gasteiger partial charge on any atom is 0.232 e. The molecule has 0 saturated carbocycles. The lowest BCUT2D eigenvalue weighted by molar-refractivity contribution is -0.117. The Hall–Kier alpha value is -2.14. The third kappa shape index (κ3) is 2.76. The number of likely N-dealkylation sites (N-methyl/N-ethyl adjacent to an activating group) is 1. The number of anilines is 1. The Morgan fingerprint density at radius 2 is 2.05 bits per heavy atom. The number of aromatic nitrogens is 1. The molecule has 22 heavy (non-hydrogen) atoms. The van der Waals surface area contributed by atoms with Gasteiger partial charge < -0.3 is 9.42 Å². The summed E-state index contributed by atoms with van der Waals surface area (Å²) in [5.74, 6) is -0.0236. The van der Waals surface area contributed by atoms with E-state index in [4.69, 9.17) is 4.52 Å². The summed E-state index contributed by atoms with van der Waals surface area (Å²) in [4.78, 5) is 14.2. The fourth-order valence-electron chi connectivity index (χ4n) is 2.46. The van der Waals surface area contributed by atoms with Gasteiger partial charge in [0.05, 0.1) is 6.42 Å². The summed E-state index contributed by atoms with van der Waals surface area (Å²) in [7, 11) is 1.78. The topological polar surface area (TPSA) is 46.3 Å². The second-order valence-corrected chi connectivity index (χ2v) is 6.10. The molecule has 3 aromatic rings. The minimum atomic E-state index is -0.0236. The van der Waals surface area contributed by atoms with Crippen LogP contribution < -0.4 is 4.90 Å². The molecule has 0 bridgehead atoms. The molecular weight excluding hydrogens is 344 g/mol. The lowest BCUT2D eigenvalue weighted by Gasteiger charge is -2.19. The number of nitrogens with zero attached hydrogens (tertiary/aromatic N) is 2. The summed E-state index contributed by atoms with van der Waals surface area (Å²) in [5, 5.41) is 4.90. The lowest BCUT2D eigenvalue weighted by atomic mass is 10.1. The summed E-state index contributed by atoms with van der Waals surface area (Å²) < 4.78 is 6.25. The monoisotopic (exact) mass is 358 g/mol. The number of hydrogen-bond acceptors (Lipinski definition) is 3. The third-order valence-corrected chi connectivity index (χ3v) is 4.16. The number of carbonyl (C=O) groups is 1. The van der Waals surface area contributed by atoms with E-state index in [9.17, 15) is 4.79 Å². The summed E-state index contributed by atoms with van der Waals surface area (Å²) in [6, 6.07) is 13.4. The standard InChI is InChI=1S/C17H15BrN2O2/c1-11-9-12(18)7-8-15(11)20(2)17(21)10-14-13-5-3-4-6-16(13)22-19-14/h3-9H,10H2,1-2H3. The fraction of sp³-hybridized carbons (Fsp3) is 0.176. The van der Waals surface area contributed by atoms with E-state index in [0.717, 1.165) is 21.1 Å². The van der Waals surface area contributed by atoms with Gasteiger partial charge in [-0.05, 0) is 42.8 Å². The van der Waals surface area contributed by atoms with Crippen LogP contribution >= 0.6 is 15.9 Å². The quantitative estimate of drug-likeness (QED) is 0.707. The van der Waals surface area contributed by atoms with Gasteiger partial charge in [-0.3, -0.25) is 4.79 Å². The van der Waals surface area contributed by atoms with Gasteiger partial charge in [-0.1, -0.05) is 33.2 Å². The Morgan fingerprint density at radius 3 is 2.82 bits per heavy atom. The maximum atomic E-state index is 12.5. The molecule has 0 radical (unpaired) electrons. The van der Waals surface area contributed by atoms with E-state index in [0.29, 0.717) is 11.3 Å². The van der Waals surface area contributed by atoms with Crippen molar-refractivity contribution in [2.24, 2.45) is 0 Å². The smallest absolute Gasteiger partial charge is 0.232 e. The number of hydrogen-bond donors (Lipinski definition) is 0. The van der Waals surface area contributed by atoms with E-state index in [-0.39, 0.29) is 12.3 Å². The zero-order chi connectivity index (χ0) is 15.7. The van der Waals surface area contributed by atoms with Crippen molar-refractivity contribution in [2.45, 2.75) is 13.3 Å². The van der Waals surface area contributed by atoms with Crippen LogP contribution in [0.15, 0.2) is 51.5 Å². The molecule has 4 nitrogen and oxygen atoms in total. The van der Waals surface area contributed by atoms with Gasteiger partial charge in [0.1, 0.15) is 5.69 Å². The van der Waals surface area contributed by atoms with Crippen LogP contribution in [-0.4, -0.2) is 18.1 Å². The number of rotatable bonds is 3. The zero-order valence-corrected chi connectivity index (χ0v) is 13.9. The van der Waals surface area contributed by atoms with E-state index >= 15 is 0 Å². The molecule has 2 aromatic carbocycles. The van der Waals surface area contributed by atoms with Crippen LogP contribution in [0.25, 0.3) is 11.0 Å². The van der Waals surface area contributed by atoms with Crippen LogP contribution in [0.2, 0.25) is 0 Å². The summed E-state index contributed by atoms with van der Waals surface area (Å²) in [5.41, 5.74) is 3.30. The second-order valence-electron chi connectivity index (χ2n) is 5.19. The molecule has 0 saturated heterocycles. The van der Waals surface area contributed by atoms with Gasteiger partial charge in [0.2, 0.25) is 5.91 Å². The van der Waals surface area contributed by atoms with Crippen LogP contribution in [0, 0.1) is 6.92 Å². The van der Waals surface area contributed by atoms with Gasteiger partial charge in [-0.2, -0.15) is 0 Å². The van der Waals surface area contributed by atoms with Gasteiger partial charge in [-0.15, -0.1) is 0 Å². The van der Waals surface area contributed by atoms with Crippen molar-refractivity contribution >= 4 is 38.5 Å². The van der Waals surface area contributed by atoms with E-state index in [2.05, 4.69) is 21.1 Å². The summed E-state index contributed by atoms with van der Waals surface area (Å²) >= 11 is 3.43. The second kappa shape index (κ2) is 5.93. The fourth-order valence-corrected chi connectivity index (χ4v) is 2.93. The molecule has 5 heteroatoms. The van der Waals surface area contributed by atoms with Crippen LogP contribution in [0.1, 0.15) is 11.3 Å². The maximum absolute atomic E-state index is 12.5. The predicted octanol–water partition coefficient (Wildman–Crippen LogP) is 4.10. The Morgan fingerprint density at radius 1 is 1.27 bits per heavy atom. The average molecular weight is 359 g/mol. The van der Waals surface area contributed by atoms with Gasteiger partial charge in [0.15, 0.2) is 5.58 Å². The molecule has 0 spiro atoms. The van der Waals surface area contributed by atoms with E-state index in [1.807, 2.05) is 49.4 Å². The highest BCUT2D eigenvalue weighted by Crippen LogP contribution is 2.24.